The van der Waals surface area contributed by atoms with Crippen molar-refractivity contribution in [2.75, 3.05) is 26.5 Å². The van der Waals surface area contributed by atoms with Crippen molar-refractivity contribution < 1.29 is 14.2 Å². The van der Waals surface area contributed by atoms with Crippen molar-refractivity contribution in [2.45, 2.75) is 13.5 Å². The van der Waals surface area contributed by atoms with Gasteiger partial charge >= 0.3 is 0 Å². The normalized spacial score (nSPS) is 13.1. The second-order valence-corrected chi connectivity index (χ2v) is 3.59. The molecule has 4 heteroatoms. The van der Waals surface area contributed by atoms with Crippen LogP contribution >= 0.6 is 0 Å². The van der Waals surface area contributed by atoms with E-state index < -0.39 is 0 Å². The minimum absolute atomic E-state index is 0.320. The molecule has 16 heavy (non-hydrogen) atoms. The predicted octanol–water partition coefficient (Wildman–Crippen LogP) is 1.54. The molecule has 0 atom stereocenters. The number of hydrogen-bond acceptors (Lipinski definition) is 4. The summed E-state index contributed by atoms with van der Waals surface area (Å²) in [7, 11) is 0. The molecule has 0 saturated carbocycles. The molecule has 0 aliphatic carbocycles. The Balaban J connectivity index is 1.77. The fourth-order valence-electron chi connectivity index (χ4n) is 1.54. The van der Waals surface area contributed by atoms with Crippen LogP contribution in [0.1, 0.15) is 12.5 Å². The third kappa shape index (κ3) is 2.87. The summed E-state index contributed by atoms with van der Waals surface area (Å²) in [6, 6.07) is 5.89. The number of likely N-dealkylation sites (N-methyl/N-ethyl adjacent to an activating group) is 1. The highest BCUT2D eigenvalue weighted by atomic mass is 16.7. The Hall–Kier alpha value is -1.26. The van der Waals surface area contributed by atoms with Crippen molar-refractivity contribution in [3.63, 3.8) is 0 Å². The monoisotopic (exact) mass is 223 g/mol. The van der Waals surface area contributed by atoms with Gasteiger partial charge in [0.1, 0.15) is 0 Å². The smallest absolute Gasteiger partial charge is 0.231 e. The van der Waals surface area contributed by atoms with Crippen LogP contribution < -0.4 is 14.8 Å². The van der Waals surface area contributed by atoms with Gasteiger partial charge in [0.25, 0.3) is 0 Å². The van der Waals surface area contributed by atoms with E-state index in [1.54, 1.807) is 0 Å². The van der Waals surface area contributed by atoms with Gasteiger partial charge in [-0.2, -0.15) is 0 Å². The molecule has 0 unspecified atom stereocenters. The number of benzene rings is 1. The van der Waals surface area contributed by atoms with Crippen LogP contribution in [0.3, 0.4) is 0 Å². The molecule has 1 aliphatic rings. The Kier molecular flexibility index (Phi) is 4.02. The van der Waals surface area contributed by atoms with Gasteiger partial charge in [0.05, 0.1) is 13.2 Å². The standard InChI is InChI=1S/C12H17NO3/c1-2-13-5-6-14-8-10-3-4-11-12(7-10)16-9-15-11/h3-4,7,13H,2,5-6,8-9H2,1H3. The van der Waals surface area contributed by atoms with Gasteiger partial charge in [-0.15, -0.1) is 0 Å². The van der Waals surface area contributed by atoms with E-state index in [4.69, 9.17) is 14.2 Å². The van der Waals surface area contributed by atoms with Gasteiger partial charge in [-0.3, -0.25) is 0 Å². The summed E-state index contributed by atoms with van der Waals surface area (Å²) < 4.78 is 16.1. The lowest BCUT2D eigenvalue weighted by Crippen LogP contribution is -2.18. The first-order chi connectivity index (χ1) is 7.90. The Morgan fingerprint density at radius 2 is 2.19 bits per heavy atom. The molecule has 0 fully saturated rings. The molecule has 0 radical (unpaired) electrons. The van der Waals surface area contributed by atoms with Crippen molar-refractivity contribution in [1.82, 2.24) is 5.32 Å². The zero-order valence-corrected chi connectivity index (χ0v) is 9.49. The van der Waals surface area contributed by atoms with Gasteiger partial charge in [-0.1, -0.05) is 13.0 Å². The van der Waals surface area contributed by atoms with Gasteiger partial charge in [0.2, 0.25) is 6.79 Å². The molecular weight excluding hydrogens is 206 g/mol. The van der Waals surface area contributed by atoms with Crippen LogP contribution in [0.2, 0.25) is 0 Å². The lowest BCUT2D eigenvalue weighted by molar-refractivity contribution is 0.123. The molecule has 0 saturated heterocycles. The third-order valence-corrected chi connectivity index (χ3v) is 2.38. The maximum absolute atomic E-state index is 5.52. The molecule has 0 amide bonds. The quantitative estimate of drug-likeness (QED) is 0.743. The van der Waals surface area contributed by atoms with Crippen molar-refractivity contribution in [3.8, 4) is 11.5 Å². The lowest BCUT2D eigenvalue weighted by atomic mass is 10.2. The maximum atomic E-state index is 5.52. The number of fused-ring (bicyclic) bond motifs is 1. The summed E-state index contributed by atoms with van der Waals surface area (Å²) in [6.07, 6.45) is 0. The fourth-order valence-corrected chi connectivity index (χ4v) is 1.54. The first-order valence-electron chi connectivity index (χ1n) is 5.57. The molecule has 0 bridgehead atoms. The van der Waals surface area contributed by atoms with E-state index in [0.717, 1.165) is 36.8 Å². The summed E-state index contributed by atoms with van der Waals surface area (Å²) in [5.74, 6) is 1.63. The van der Waals surface area contributed by atoms with Gasteiger partial charge < -0.3 is 19.5 Å². The highest BCUT2D eigenvalue weighted by Gasteiger charge is 2.12. The second kappa shape index (κ2) is 5.72. The second-order valence-electron chi connectivity index (χ2n) is 3.59. The maximum Gasteiger partial charge on any atom is 0.231 e. The molecule has 1 aromatic carbocycles. The van der Waals surface area contributed by atoms with Crippen LogP contribution in [0.15, 0.2) is 18.2 Å². The van der Waals surface area contributed by atoms with E-state index in [0.29, 0.717) is 13.4 Å². The average Bonchev–Trinajstić information content (AvgIpc) is 2.76. The molecule has 1 N–H and O–H groups in total. The average molecular weight is 223 g/mol. The van der Waals surface area contributed by atoms with Crippen LogP contribution in [0.5, 0.6) is 11.5 Å². The summed E-state index contributed by atoms with van der Waals surface area (Å²) in [5.41, 5.74) is 1.11. The third-order valence-electron chi connectivity index (χ3n) is 2.38. The van der Waals surface area contributed by atoms with Gasteiger partial charge in [-0.25, -0.2) is 0 Å². The molecular formula is C12H17NO3. The summed E-state index contributed by atoms with van der Waals surface area (Å²) in [6.45, 7) is 5.61. The van der Waals surface area contributed by atoms with E-state index in [-0.39, 0.29) is 0 Å². The van der Waals surface area contributed by atoms with Crippen molar-refractivity contribution in [1.29, 1.82) is 0 Å². The zero-order valence-electron chi connectivity index (χ0n) is 9.49. The Morgan fingerprint density at radius 1 is 1.31 bits per heavy atom. The van der Waals surface area contributed by atoms with E-state index in [1.807, 2.05) is 18.2 Å². The van der Waals surface area contributed by atoms with Crippen LogP contribution in [-0.2, 0) is 11.3 Å². The predicted molar refractivity (Wildman–Crippen MR) is 60.8 cm³/mol. The molecule has 1 aromatic rings. The summed E-state index contributed by atoms with van der Waals surface area (Å²) in [5, 5.41) is 3.21. The van der Waals surface area contributed by atoms with Crippen molar-refractivity contribution in [2.24, 2.45) is 0 Å². The highest BCUT2D eigenvalue weighted by Crippen LogP contribution is 2.32. The Morgan fingerprint density at radius 3 is 3.06 bits per heavy atom. The van der Waals surface area contributed by atoms with Gasteiger partial charge in [0.15, 0.2) is 11.5 Å². The first kappa shape index (κ1) is 11.2. The molecule has 0 aromatic heterocycles. The topological polar surface area (TPSA) is 39.7 Å². The molecule has 2 rings (SSSR count). The highest BCUT2D eigenvalue weighted by molar-refractivity contribution is 5.44. The van der Waals surface area contributed by atoms with Gasteiger partial charge in [-0.05, 0) is 24.2 Å². The number of nitrogens with one attached hydrogen (secondary N) is 1. The SMILES string of the molecule is CCNCCOCc1ccc2c(c1)OCO2. The van der Waals surface area contributed by atoms with E-state index in [1.165, 1.54) is 0 Å². The Bertz CT molecular complexity index is 341. The number of hydrogen-bond donors (Lipinski definition) is 1. The minimum Gasteiger partial charge on any atom is -0.454 e. The van der Waals surface area contributed by atoms with Crippen LogP contribution in [0.25, 0.3) is 0 Å². The largest absolute Gasteiger partial charge is 0.454 e. The molecule has 1 heterocycles. The summed E-state index contributed by atoms with van der Waals surface area (Å²) in [4.78, 5) is 0. The number of rotatable bonds is 6. The van der Waals surface area contributed by atoms with Crippen LogP contribution in [0.4, 0.5) is 0 Å². The van der Waals surface area contributed by atoms with E-state index in [2.05, 4.69) is 12.2 Å². The Labute approximate surface area is 95.5 Å². The minimum atomic E-state index is 0.320. The van der Waals surface area contributed by atoms with Gasteiger partial charge in [0, 0.05) is 6.54 Å². The van der Waals surface area contributed by atoms with Crippen LogP contribution in [-0.4, -0.2) is 26.5 Å². The van der Waals surface area contributed by atoms with Crippen molar-refractivity contribution >= 4 is 0 Å². The molecule has 1 aliphatic heterocycles. The first-order valence-corrected chi connectivity index (χ1v) is 5.57. The number of ether oxygens (including phenoxy) is 3. The van der Waals surface area contributed by atoms with Crippen LogP contribution in [0, 0.1) is 0 Å². The zero-order chi connectivity index (χ0) is 11.2. The lowest BCUT2D eigenvalue weighted by Gasteiger charge is -2.05. The fraction of sp³-hybridized carbons (Fsp3) is 0.500. The molecule has 0 spiro atoms. The van der Waals surface area contributed by atoms with E-state index >= 15 is 0 Å². The summed E-state index contributed by atoms with van der Waals surface area (Å²) >= 11 is 0. The van der Waals surface area contributed by atoms with E-state index in [9.17, 15) is 0 Å². The van der Waals surface area contributed by atoms with Crippen molar-refractivity contribution in [3.05, 3.63) is 23.8 Å². The molecule has 88 valence electrons. The molecule has 4 nitrogen and oxygen atoms in total.